The Morgan fingerprint density at radius 2 is 1.42 bits per heavy atom. The average molecular weight is 442 g/mol. The van der Waals surface area contributed by atoms with Gasteiger partial charge in [-0.15, -0.1) is 0 Å². The summed E-state index contributed by atoms with van der Waals surface area (Å²) in [6.45, 7) is 6.00. The van der Waals surface area contributed by atoms with Gasteiger partial charge in [0, 0.05) is 17.3 Å². The van der Waals surface area contributed by atoms with Crippen LogP contribution >= 0.6 is 0 Å². The maximum atomic E-state index is 13.3. The van der Waals surface area contributed by atoms with Crippen molar-refractivity contribution in [3.8, 4) is 0 Å². The fourth-order valence-corrected chi connectivity index (χ4v) is 4.81. The molecular formula is C29H31NO3. The van der Waals surface area contributed by atoms with E-state index in [2.05, 4.69) is 13.8 Å². The molecule has 3 aromatic carbocycles. The Balaban J connectivity index is 1.72. The maximum Gasteiger partial charge on any atom is 0.415 e. The second kappa shape index (κ2) is 9.24. The molecule has 1 saturated heterocycles. The molecule has 0 radical (unpaired) electrons. The molecule has 1 heterocycles. The van der Waals surface area contributed by atoms with Crippen LogP contribution in [0.5, 0.6) is 0 Å². The van der Waals surface area contributed by atoms with Gasteiger partial charge in [-0.1, -0.05) is 111 Å². The van der Waals surface area contributed by atoms with Gasteiger partial charge < -0.3 is 9.84 Å². The summed E-state index contributed by atoms with van der Waals surface area (Å²) in [5, 5.41) is 11.0. The molecule has 1 amide bonds. The van der Waals surface area contributed by atoms with Gasteiger partial charge in [-0.2, -0.15) is 0 Å². The number of amides is 1. The van der Waals surface area contributed by atoms with Gasteiger partial charge in [-0.05, 0) is 24.8 Å². The minimum atomic E-state index is -1.04. The minimum Gasteiger partial charge on any atom is -0.430 e. The lowest BCUT2D eigenvalue weighted by molar-refractivity contribution is 0.0560. The first-order chi connectivity index (χ1) is 15.9. The number of hydrogen-bond acceptors (Lipinski definition) is 3. The molecule has 1 N–H and O–H groups in total. The smallest absolute Gasteiger partial charge is 0.415 e. The summed E-state index contributed by atoms with van der Waals surface area (Å²) in [4.78, 5) is 15.0. The molecule has 4 nitrogen and oxygen atoms in total. The average Bonchev–Trinajstić information content (AvgIpc) is 3.14. The highest BCUT2D eigenvalue weighted by Crippen LogP contribution is 2.47. The third kappa shape index (κ3) is 4.31. The Kier molecular flexibility index (Phi) is 6.39. The van der Waals surface area contributed by atoms with Gasteiger partial charge in [0.2, 0.25) is 0 Å². The van der Waals surface area contributed by atoms with Crippen molar-refractivity contribution in [1.82, 2.24) is 4.90 Å². The lowest BCUT2D eigenvalue weighted by Crippen LogP contribution is -2.46. The van der Waals surface area contributed by atoms with Crippen LogP contribution < -0.4 is 0 Å². The predicted octanol–water partition coefficient (Wildman–Crippen LogP) is 6.22. The van der Waals surface area contributed by atoms with Gasteiger partial charge >= 0.3 is 6.09 Å². The third-order valence-electron chi connectivity index (χ3n) is 6.39. The van der Waals surface area contributed by atoms with Crippen molar-refractivity contribution >= 4 is 6.09 Å². The Morgan fingerprint density at radius 1 is 0.939 bits per heavy atom. The van der Waals surface area contributed by atoms with Crippen molar-refractivity contribution in [2.75, 3.05) is 0 Å². The molecule has 3 aromatic rings. The number of ether oxygens (including phenoxy) is 1. The van der Waals surface area contributed by atoms with Crippen LogP contribution in [0.25, 0.3) is 0 Å². The van der Waals surface area contributed by atoms with Crippen LogP contribution in [0.4, 0.5) is 4.79 Å². The quantitative estimate of drug-likeness (QED) is 0.474. The van der Waals surface area contributed by atoms with Crippen LogP contribution in [0.2, 0.25) is 0 Å². The van der Waals surface area contributed by atoms with Gasteiger partial charge in [0.1, 0.15) is 0 Å². The van der Waals surface area contributed by atoms with E-state index in [-0.39, 0.29) is 12.0 Å². The first-order valence-electron chi connectivity index (χ1n) is 11.4. The second-order valence-electron chi connectivity index (χ2n) is 9.16. The van der Waals surface area contributed by atoms with E-state index in [0.29, 0.717) is 6.42 Å². The van der Waals surface area contributed by atoms with E-state index in [4.69, 9.17) is 4.74 Å². The van der Waals surface area contributed by atoms with Gasteiger partial charge in [-0.25, -0.2) is 4.79 Å². The fourth-order valence-electron chi connectivity index (χ4n) is 4.81. The first kappa shape index (κ1) is 22.8. The summed E-state index contributed by atoms with van der Waals surface area (Å²) in [6, 6.07) is 29.2. The highest BCUT2D eigenvalue weighted by atomic mass is 16.6. The molecule has 1 aliphatic heterocycles. The van der Waals surface area contributed by atoms with Crippen molar-refractivity contribution in [3.05, 3.63) is 120 Å². The van der Waals surface area contributed by atoms with Crippen LogP contribution in [0, 0.1) is 5.92 Å². The fraction of sp³-hybridized carbons (Fsp3) is 0.276. The zero-order chi connectivity index (χ0) is 23.5. The van der Waals surface area contributed by atoms with Gasteiger partial charge in [0.25, 0.3) is 0 Å². The molecule has 1 aliphatic rings. The topological polar surface area (TPSA) is 49.8 Å². The Labute approximate surface area is 196 Å². The number of benzene rings is 3. The molecule has 170 valence electrons. The molecule has 4 heteroatoms. The SMILES string of the molecule is CC(C)[C@@H]1N(/C=C\C[C@](C)(O)c2ccccc2)C(=O)OC1(c1ccccc1)c1ccccc1. The predicted molar refractivity (Wildman–Crippen MR) is 130 cm³/mol. The summed E-state index contributed by atoms with van der Waals surface area (Å²) in [5.41, 5.74) is 0.748. The number of carbonyl (C=O) groups excluding carboxylic acids is 1. The number of rotatable bonds is 7. The zero-order valence-corrected chi connectivity index (χ0v) is 19.4. The molecule has 0 bridgehead atoms. The van der Waals surface area contributed by atoms with Crippen LogP contribution in [0.3, 0.4) is 0 Å². The summed E-state index contributed by atoms with van der Waals surface area (Å²) >= 11 is 0. The lowest BCUT2D eigenvalue weighted by Gasteiger charge is -2.37. The summed E-state index contributed by atoms with van der Waals surface area (Å²) < 4.78 is 6.25. The number of hydrogen-bond donors (Lipinski definition) is 1. The van der Waals surface area contributed by atoms with Crippen molar-refractivity contribution in [3.63, 3.8) is 0 Å². The summed E-state index contributed by atoms with van der Waals surface area (Å²) in [5.74, 6) is 0.108. The summed E-state index contributed by atoms with van der Waals surface area (Å²) in [6.07, 6.45) is 3.61. The molecule has 33 heavy (non-hydrogen) atoms. The molecule has 0 spiro atoms. The standard InChI is InChI=1S/C29H31NO3/c1-22(2)26-29(24-16-9-5-10-17-24,25-18-11-6-12-19-25)33-27(31)30(26)21-13-20-28(3,32)23-14-7-4-8-15-23/h4-19,21-22,26,32H,20H2,1-3H3/b21-13-/t26-,28-/m0/s1. The van der Waals surface area contributed by atoms with E-state index in [1.807, 2.05) is 97.1 Å². The van der Waals surface area contributed by atoms with Crippen LogP contribution in [-0.2, 0) is 15.9 Å². The second-order valence-corrected chi connectivity index (χ2v) is 9.16. The Hall–Kier alpha value is -3.37. The first-order valence-corrected chi connectivity index (χ1v) is 11.4. The molecule has 2 atom stereocenters. The van der Waals surface area contributed by atoms with Crippen molar-refractivity contribution < 1.29 is 14.6 Å². The summed E-state index contributed by atoms with van der Waals surface area (Å²) in [7, 11) is 0. The normalized spacial score (nSPS) is 19.6. The largest absolute Gasteiger partial charge is 0.430 e. The Morgan fingerprint density at radius 3 is 1.91 bits per heavy atom. The molecule has 4 rings (SSSR count). The van der Waals surface area contributed by atoms with E-state index in [0.717, 1.165) is 16.7 Å². The van der Waals surface area contributed by atoms with E-state index < -0.39 is 17.3 Å². The third-order valence-corrected chi connectivity index (χ3v) is 6.39. The number of carbonyl (C=O) groups is 1. The Bertz CT molecular complexity index is 1050. The van der Waals surface area contributed by atoms with Crippen LogP contribution in [-0.4, -0.2) is 22.1 Å². The zero-order valence-electron chi connectivity index (χ0n) is 19.4. The van der Waals surface area contributed by atoms with E-state index in [1.165, 1.54) is 0 Å². The van der Waals surface area contributed by atoms with Crippen LogP contribution in [0.1, 0.15) is 43.9 Å². The molecular weight excluding hydrogens is 410 g/mol. The maximum absolute atomic E-state index is 13.3. The highest BCUT2D eigenvalue weighted by molar-refractivity contribution is 5.75. The number of aliphatic hydroxyl groups is 1. The molecule has 0 aliphatic carbocycles. The van der Waals surface area contributed by atoms with Gasteiger partial charge in [0.15, 0.2) is 5.60 Å². The van der Waals surface area contributed by atoms with E-state index in [9.17, 15) is 9.90 Å². The number of cyclic esters (lactones) is 1. The van der Waals surface area contributed by atoms with E-state index >= 15 is 0 Å². The van der Waals surface area contributed by atoms with E-state index in [1.54, 1.807) is 18.0 Å². The molecule has 0 aromatic heterocycles. The lowest BCUT2D eigenvalue weighted by atomic mass is 9.76. The monoisotopic (exact) mass is 441 g/mol. The molecule has 0 unspecified atom stereocenters. The molecule has 1 fully saturated rings. The highest BCUT2D eigenvalue weighted by Gasteiger charge is 2.56. The van der Waals surface area contributed by atoms with Crippen LogP contribution in [0.15, 0.2) is 103 Å². The minimum absolute atomic E-state index is 0.108. The van der Waals surface area contributed by atoms with Crippen molar-refractivity contribution in [2.24, 2.45) is 5.92 Å². The van der Waals surface area contributed by atoms with Crippen molar-refractivity contribution in [2.45, 2.75) is 44.4 Å². The van der Waals surface area contributed by atoms with Gasteiger partial charge in [-0.3, -0.25) is 4.90 Å². The van der Waals surface area contributed by atoms with Gasteiger partial charge in [0.05, 0.1) is 11.6 Å². The van der Waals surface area contributed by atoms with Crippen molar-refractivity contribution in [1.29, 1.82) is 0 Å². The molecule has 0 saturated carbocycles. The number of nitrogens with zero attached hydrogens (tertiary/aromatic N) is 1.